The van der Waals surface area contributed by atoms with Gasteiger partial charge in [-0.3, -0.25) is 0 Å². The van der Waals surface area contributed by atoms with E-state index in [-0.39, 0.29) is 0 Å². The highest BCUT2D eigenvalue weighted by Crippen LogP contribution is 2.21. The monoisotopic (exact) mass is 268 g/mol. The fraction of sp³-hybridized carbons (Fsp3) is 0.250. The van der Waals surface area contributed by atoms with Crippen molar-refractivity contribution in [3.05, 3.63) is 40.4 Å². The molecule has 1 N–H and O–H groups in total. The summed E-state index contributed by atoms with van der Waals surface area (Å²) in [6.07, 6.45) is 3.01. The van der Waals surface area contributed by atoms with Crippen molar-refractivity contribution in [2.75, 3.05) is 0 Å². The van der Waals surface area contributed by atoms with E-state index in [0.29, 0.717) is 0 Å². The van der Waals surface area contributed by atoms with E-state index >= 15 is 0 Å². The fourth-order valence-electron chi connectivity index (χ4n) is 1.38. The smallest absolute Gasteiger partial charge is 0.328 e. The summed E-state index contributed by atoms with van der Waals surface area (Å²) in [6.45, 7) is 2.04. The van der Waals surface area contributed by atoms with Gasteiger partial charge in [-0.1, -0.05) is 41.4 Å². The molecule has 0 unspecified atom stereocenters. The van der Waals surface area contributed by atoms with E-state index in [1.807, 2.05) is 31.2 Å². The van der Waals surface area contributed by atoms with E-state index in [4.69, 9.17) is 5.11 Å². The molecule has 1 aromatic carbocycles. The second-order valence-electron chi connectivity index (χ2n) is 3.26. The van der Waals surface area contributed by atoms with Gasteiger partial charge in [-0.2, -0.15) is 0 Å². The Morgan fingerprint density at radius 2 is 2.00 bits per heavy atom. The van der Waals surface area contributed by atoms with Crippen LogP contribution in [-0.4, -0.2) is 11.1 Å². The average molecular weight is 269 g/mol. The third-order valence-electron chi connectivity index (χ3n) is 2.03. The highest BCUT2D eigenvalue weighted by molar-refractivity contribution is 9.10. The summed E-state index contributed by atoms with van der Waals surface area (Å²) in [7, 11) is 0. The quantitative estimate of drug-likeness (QED) is 0.846. The number of benzene rings is 1. The molecule has 80 valence electrons. The van der Waals surface area contributed by atoms with Crippen LogP contribution in [0.4, 0.5) is 0 Å². The van der Waals surface area contributed by atoms with Crippen molar-refractivity contribution >= 4 is 27.5 Å². The van der Waals surface area contributed by atoms with Gasteiger partial charge < -0.3 is 5.11 Å². The molecule has 0 aliphatic carbocycles. The lowest BCUT2D eigenvalue weighted by Gasteiger charge is -2.05. The Labute approximate surface area is 97.8 Å². The first-order valence-electron chi connectivity index (χ1n) is 4.83. The second-order valence-corrected chi connectivity index (χ2v) is 4.18. The van der Waals surface area contributed by atoms with Gasteiger partial charge in [0.05, 0.1) is 0 Å². The summed E-state index contributed by atoms with van der Waals surface area (Å²) in [5.74, 6) is -0.888. The molecular formula is C12H13BrO2. The number of allylic oxidation sites excluding steroid dienone is 1. The molecule has 0 aromatic heterocycles. The number of carboxylic acids is 1. The van der Waals surface area contributed by atoms with Gasteiger partial charge in [-0.15, -0.1) is 0 Å². The normalized spacial score (nSPS) is 11.5. The van der Waals surface area contributed by atoms with E-state index in [2.05, 4.69) is 15.9 Å². The zero-order valence-corrected chi connectivity index (χ0v) is 10.1. The van der Waals surface area contributed by atoms with Crippen molar-refractivity contribution in [1.29, 1.82) is 0 Å². The van der Waals surface area contributed by atoms with Crippen molar-refractivity contribution < 1.29 is 9.90 Å². The molecule has 1 aromatic rings. The zero-order chi connectivity index (χ0) is 11.3. The highest BCUT2D eigenvalue weighted by atomic mass is 79.9. The van der Waals surface area contributed by atoms with E-state index in [1.54, 1.807) is 0 Å². The lowest BCUT2D eigenvalue weighted by Crippen LogP contribution is -1.92. The molecule has 0 aliphatic heterocycles. The number of hydrogen-bond acceptors (Lipinski definition) is 1. The van der Waals surface area contributed by atoms with E-state index in [0.717, 1.165) is 28.5 Å². The Morgan fingerprint density at radius 1 is 1.40 bits per heavy atom. The van der Waals surface area contributed by atoms with Gasteiger partial charge in [-0.25, -0.2) is 4.79 Å². The molecule has 0 heterocycles. The molecule has 0 fully saturated rings. The number of halogens is 1. The molecule has 1 rings (SSSR count). The zero-order valence-electron chi connectivity index (χ0n) is 8.53. The molecule has 0 saturated heterocycles. The van der Waals surface area contributed by atoms with Gasteiger partial charge in [0.2, 0.25) is 0 Å². The summed E-state index contributed by atoms with van der Waals surface area (Å²) in [5.41, 5.74) is 1.85. The van der Waals surface area contributed by atoms with Crippen molar-refractivity contribution in [3.8, 4) is 0 Å². The SMILES string of the molecule is CCC/C(=C\C(=O)O)c1ccc(Br)cc1. The van der Waals surface area contributed by atoms with Gasteiger partial charge >= 0.3 is 5.97 Å². The summed E-state index contributed by atoms with van der Waals surface area (Å²) in [5, 5.41) is 8.74. The van der Waals surface area contributed by atoms with Crippen LogP contribution in [0.1, 0.15) is 25.3 Å². The van der Waals surface area contributed by atoms with Gasteiger partial charge in [-0.05, 0) is 29.7 Å². The molecule has 0 amide bonds. The fourth-order valence-corrected chi connectivity index (χ4v) is 1.65. The predicted octanol–water partition coefficient (Wildman–Crippen LogP) is 3.72. The number of rotatable bonds is 4. The molecule has 0 bridgehead atoms. The van der Waals surface area contributed by atoms with Gasteiger partial charge in [0.1, 0.15) is 0 Å². The highest BCUT2D eigenvalue weighted by Gasteiger charge is 2.02. The van der Waals surface area contributed by atoms with Crippen molar-refractivity contribution in [2.45, 2.75) is 19.8 Å². The molecule has 0 radical (unpaired) electrons. The van der Waals surface area contributed by atoms with Crippen LogP contribution < -0.4 is 0 Å². The Hall–Kier alpha value is -1.09. The first-order chi connectivity index (χ1) is 7.13. The predicted molar refractivity (Wildman–Crippen MR) is 64.7 cm³/mol. The first-order valence-corrected chi connectivity index (χ1v) is 5.62. The molecule has 0 aliphatic rings. The van der Waals surface area contributed by atoms with Gasteiger partial charge in [0.15, 0.2) is 0 Å². The van der Waals surface area contributed by atoms with Crippen LogP contribution in [0.15, 0.2) is 34.8 Å². The molecule has 0 atom stereocenters. The maximum absolute atomic E-state index is 10.6. The minimum absolute atomic E-state index is 0.786. The summed E-state index contributed by atoms with van der Waals surface area (Å²) < 4.78 is 0.998. The summed E-state index contributed by atoms with van der Waals surface area (Å²) in [6, 6.07) is 7.68. The summed E-state index contributed by atoms with van der Waals surface area (Å²) in [4.78, 5) is 10.6. The molecule has 15 heavy (non-hydrogen) atoms. The van der Waals surface area contributed by atoms with Crippen molar-refractivity contribution in [2.24, 2.45) is 0 Å². The summed E-state index contributed by atoms with van der Waals surface area (Å²) >= 11 is 3.35. The molecule has 0 spiro atoms. The molecule has 3 heteroatoms. The van der Waals surface area contributed by atoms with Crippen LogP contribution in [0.2, 0.25) is 0 Å². The Bertz CT molecular complexity index is 366. The second kappa shape index (κ2) is 5.71. The minimum atomic E-state index is -0.888. The minimum Gasteiger partial charge on any atom is -0.478 e. The topological polar surface area (TPSA) is 37.3 Å². The Balaban J connectivity index is 2.99. The maximum Gasteiger partial charge on any atom is 0.328 e. The van der Waals surface area contributed by atoms with Crippen molar-refractivity contribution in [1.82, 2.24) is 0 Å². The van der Waals surface area contributed by atoms with Crippen molar-refractivity contribution in [3.63, 3.8) is 0 Å². The maximum atomic E-state index is 10.6. The van der Waals surface area contributed by atoms with Crippen LogP contribution in [0.25, 0.3) is 5.57 Å². The van der Waals surface area contributed by atoms with Crippen LogP contribution >= 0.6 is 15.9 Å². The van der Waals surface area contributed by atoms with E-state index in [9.17, 15) is 4.79 Å². The third kappa shape index (κ3) is 3.88. The number of hydrogen-bond donors (Lipinski definition) is 1. The van der Waals surface area contributed by atoms with Crippen LogP contribution in [0.3, 0.4) is 0 Å². The van der Waals surface area contributed by atoms with Crippen LogP contribution in [0.5, 0.6) is 0 Å². The lowest BCUT2D eigenvalue weighted by atomic mass is 10.0. The largest absolute Gasteiger partial charge is 0.478 e. The number of carboxylic acid groups (broad SMARTS) is 1. The molecular weight excluding hydrogens is 256 g/mol. The third-order valence-corrected chi connectivity index (χ3v) is 2.56. The number of carbonyl (C=O) groups is 1. The van der Waals surface area contributed by atoms with Crippen LogP contribution in [-0.2, 0) is 4.79 Å². The van der Waals surface area contributed by atoms with Gasteiger partial charge in [0.25, 0.3) is 0 Å². The molecule has 0 saturated carbocycles. The Morgan fingerprint density at radius 3 is 2.47 bits per heavy atom. The standard InChI is InChI=1S/C12H13BrO2/c1-2-3-10(8-12(14)15)9-4-6-11(13)7-5-9/h4-8H,2-3H2,1H3,(H,14,15)/b10-8+. The number of aliphatic carboxylic acids is 1. The van der Waals surface area contributed by atoms with Gasteiger partial charge in [0, 0.05) is 10.5 Å². The van der Waals surface area contributed by atoms with Crippen LogP contribution in [0, 0.1) is 0 Å². The van der Waals surface area contributed by atoms with E-state index in [1.165, 1.54) is 6.08 Å². The molecule has 2 nitrogen and oxygen atoms in total. The first kappa shape index (κ1) is 12.0. The lowest BCUT2D eigenvalue weighted by molar-refractivity contribution is -0.131. The van der Waals surface area contributed by atoms with E-state index < -0.39 is 5.97 Å². The Kier molecular flexibility index (Phi) is 4.56. The average Bonchev–Trinajstić information content (AvgIpc) is 2.17.